The highest BCUT2D eigenvalue weighted by atomic mass is 16.3. The van der Waals surface area contributed by atoms with E-state index in [9.17, 15) is 14.7 Å². The molecule has 0 bridgehead atoms. The van der Waals surface area contributed by atoms with Crippen LogP contribution in [0.5, 0.6) is 0 Å². The molecule has 2 amide bonds. The molecule has 0 radical (unpaired) electrons. The molecule has 1 N–H and O–H groups in total. The standard InChI is InChI=1S/C13H22N2O3/c1-2-14-8-13(18)15(9-12(14)17)7-11(16)10-5-3-4-6-10/h10-11,16H,2-9H2,1H3. The number of rotatable bonds is 4. The molecule has 1 aliphatic carbocycles. The number of carbonyl (C=O) groups excluding carboxylic acids is 2. The lowest BCUT2D eigenvalue weighted by atomic mass is 10.0. The molecule has 5 nitrogen and oxygen atoms in total. The summed E-state index contributed by atoms with van der Waals surface area (Å²) in [5.41, 5.74) is 0. The van der Waals surface area contributed by atoms with Gasteiger partial charge in [-0.25, -0.2) is 0 Å². The number of carbonyl (C=O) groups is 2. The quantitative estimate of drug-likeness (QED) is 0.781. The van der Waals surface area contributed by atoms with Gasteiger partial charge in [-0.1, -0.05) is 12.8 Å². The number of β-amino-alcohol motifs (C(OH)–C–C–N with tert-alkyl or cyclic N) is 1. The summed E-state index contributed by atoms with van der Waals surface area (Å²) in [6, 6.07) is 0. The van der Waals surface area contributed by atoms with E-state index in [0.717, 1.165) is 25.7 Å². The Morgan fingerprint density at radius 1 is 1.17 bits per heavy atom. The maximum Gasteiger partial charge on any atom is 0.242 e. The highest BCUT2D eigenvalue weighted by Crippen LogP contribution is 2.28. The lowest BCUT2D eigenvalue weighted by Gasteiger charge is -2.35. The Hall–Kier alpha value is -1.10. The summed E-state index contributed by atoms with van der Waals surface area (Å²) in [7, 11) is 0. The van der Waals surface area contributed by atoms with Crippen LogP contribution in [0.2, 0.25) is 0 Å². The molecule has 0 spiro atoms. The monoisotopic (exact) mass is 254 g/mol. The SMILES string of the molecule is CCN1CC(=O)N(CC(O)C2CCCC2)CC1=O. The second-order valence-corrected chi connectivity index (χ2v) is 5.29. The summed E-state index contributed by atoms with van der Waals surface area (Å²) in [6.07, 6.45) is 3.94. The molecule has 0 aromatic carbocycles. The summed E-state index contributed by atoms with van der Waals surface area (Å²) < 4.78 is 0. The molecule has 1 atom stereocenters. The summed E-state index contributed by atoms with van der Waals surface area (Å²) in [6.45, 7) is 3.04. The number of hydrogen-bond donors (Lipinski definition) is 1. The molecule has 2 aliphatic rings. The minimum Gasteiger partial charge on any atom is -0.391 e. The molecule has 1 heterocycles. The van der Waals surface area contributed by atoms with E-state index in [1.165, 1.54) is 4.90 Å². The fourth-order valence-corrected chi connectivity index (χ4v) is 2.87. The zero-order valence-electron chi connectivity index (χ0n) is 11.0. The molecule has 0 aromatic rings. The van der Waals surface area contributed by atoms with Crippen LogP contribution in [0, 0.1) is 5.92 Å². The third-order valence-corrected chi connectivity index (χ3v) is 4.09. The van der Waals surface area contributed by atoms with E-state index in [-0.39, 0.29) is 24.9 Å². The van der Waals surface area contributed by atoms with Crippen LogP contribution < -0.4 is 0 Å². The molecule has 2 rings (SSSR count). The van der Waals surface area contributed by atoms with Crippen LogP contribution >= 0.6 is 0 Å². The van der Waals surface area contributed by atoms with Crippen molar-refractivity contribution < 1.29 is 14.7 Å². The van der Waals surface area contributed by atoms with Gasteiger partial charge < -0.3 is 14.9 Å². The molecule has 1 aliphatic heterocycles. The Bertz CT molecular complexity index is 326. The van der Waals surface area contributed by atoms with Crippen LogP contribution in [0.25, 0.3) is 0 Å². The van der Waals surface area contributed by atoms with Crippen molar-refractivity contribution in [1.82, 2.24) is 9.80 Å². The summed E-state index contributed by atoms with van der Waals surface area (Å²) in [5.74, 6) is 0.237. The largest absolute Gasteiger partial charge is 0.391 e. The highest BCUT2D eigenvalue weighted by Gasteiger charge is 2.32. The number of amides is 2. The minimum atomic E-state index is -0.475. The average molecular weight is 254 g/mol. The highest BCUT2D eigenvalue weighted by molar-refractivity contribution is 5.92. The molecule has 102 valence electrons. The zero-order chi connectivity index (χ0) is 13.1. The fraction of sp³-hybridized carbons (Fsp3) is 0.846. The van der Waals surface area contributed by atoms with Crippen LogP contribution in [-0.4, -0.2) is 59.0 Å². The first-order chi connectivity index (χ1) is 8.61. The van der Waals surface area contributed by atoms with Gasteiger partial charge >= 0.3 is 0 Å². The molecule has 1 unspecified atom stereocenters. The van der Waals surface area contributed by atoms with Crippen LogP contribution in [0.15, 0.2) is 0 Å². The lowest BCUT2D eigenvalue weighted by Crippen LogP contribution is -2.55. The second kappa shape index (κ2) is 5.69. The second-order valence-electron chi connectivity index (χ2n) is 5.29. The van der Waals surface area contributed by atoms with Gasteiger partial charge in [0.15, 0.2) is 0 Å². The van der Waals surface area contributed by atoms with Crippen molar-refractivity contribution in [2.24, 2.45) is 5.92 Å². The van der Waals surface area contributed by atoms with Crippen LogP contribution in [-0.2, 0) is 9.59 Å². The van der Waals surface area contributed by atoms with E-state index in [2.05, 4.69) is 0 Å². The predicted octanol–water partition coefficient (Wildman–Crippen LogP) is 0.228. The van der Waals surface area contributed by atoms with Crippen molar-refractivity contribution in [3.63, 3.8) is 0 Å². The van der Waals surface area contributed by atoms with Gasteiger partial charge in [0.1, 0.15) is 0 Å². The van der Waals surface area contributed by atoms with Gasteiger partial charge in [0, 0.05) is 13.1 Å². The maximum atomic E-state index is 11.9. The van der Waals surface area contributed by atoms with E-state index in [0.29, 0.717) is 19.0 Å². The van der Waals surface area contributed by atoms with Gasteiger partial charge in [-0.05, 0) is 25.7 Å². The minimum absolute atomic E-state index is 0.0179. The van der Waals surface area contributed by atoms with Gasteiger partial charge in [-0.3, -0.25) is 9.59 Å². The molecule has 1 saturated carbocycles. The van der Waals surface area contributed by atoms with E-state index < -0.39 is 6.10 Å². The van der Waals surface area contributed by atoms with E-state index in [4.69, 9.17) is 0 Å². The summed E-state index contributed by atoms with van der Waals surface area (Å²) in [4.78, 5) is 26.7. The van der Waals surface area contributed by atoms with E-state index in [1.54, 1.807) is 4.90 Å². The van der Waals surface area contributed by atoms with Crippen LogP contribution in [0.1, 0.15) is 32.6 Å². The number of aliphatic hydroxyl groups excluding tert-OH is 1. The maximum absolute atomic E-state index is 11.9. The Morgan fingerprint density at radius 3 is 2.33 bits per heavy atom. The first kappa shape index (κ1) is 13.3. The van der Waals surface area contributed by atoms with Crippen molar-refractivity contribution in [2.45, 2.75) is 38.7 Å². The van der Waals surface area contributed by atoms with Gasteiger partial charge in [0.05, 0.1) is 19.2 Å². The molecular weight excluding hydrogens is 232 g/mol. The number of piperazine rings is 1. The molecule has 2 fully saturated rings. The van der Waals surface area contributed by atoms with Gasteiger partial charge in [0.25, 0.3) is 0 Å². The topological polar surface area (TPSA) is 60.9 Å². The van der Waals surface area contributed by atoms with Gasteiger partial charge in [-0.15, -0.1) is 0 Å². The van der Waals surface area contributed by atoms with Gasteiger partial charge in [0.2, 0.25) is 11.8 Å². The normalized spacial score (nSPS) is 23.9. The smallest absolute Gasteiger partial charge is 0.242 e. The van der Waals surface area contributed by atoms with Crippen LogP contribution in [0.4, 0.5) is 0 Å². The van der Waals surface area contributed by atoms with E-state index >= 15 is 0 Å². The Labute approximate surface area is 108 Å². The predicted molar refractivity (Wildman–Crippen MR) is 66.8 cm³/mol. The van der Waals surface area contributed by atoms with Crippen molar-refractivity contribution in [3.8, 4) is 0 Å². The number of aliphatic hydroxyl groups is 1. The fourth-order valence-electron chi connectivity index (χ4n) is 2.87. The van der Waals surface area contributed by atoms with E-state index in [1.807, 2.05) is 6.92 Å². The Morgan fingerprint density at radius 2 is 1.72 bits per heavy atom. The summed E-state index contributed by atoms with van der Waals surface area (Å²) in [5, 5.41) is 10.1. The molecule has 18 heavy (non-hydrogen) atoms. The Balaban J connectivity index is 1.89. The van der Waals surface area contributed by atoms with Crippen molar-refractivity contribution in [1.29, 1.82) is 0 Å². The molecule has 1 saturated heterocycles. The molecule has 5 heteroatoms. The molecular formula is C13H22N2O3. The third-order valence-electron chi connectivity index (χ3n) is 4.09. The number of likely N-dealkylation sites (N-methyl/N-ethyl adjacent to an activating group) is 1. The van der Waals surface area contributed by atoms with Crippen molar-refractivity contribution >= 4 is 11.8 Å². The average Bonchev–Trinajstić information content (AvgIpc) is 2.87. The molecule has 0 aromatic heterocycles. The van der Waals surface area contributed by atoms with Crippen molar-refractivity contribution in [2.75, 3.05) is 26.2 Å². The first-order valence-corrected chi connectivity index (χ1v) is 6.85. The van der Waals surface area contributed by atoms with Crippen molar-refractivity contribution in [3.05, 3.63) is 0 Å². The lowest BCUT2D eigenvalue weighted by molar-refractivity contribution is -0.151. The number of nitrogens with zero attached hydrogens (tertiary/aromatic N) is 2. The number of hydrogen-bond acceptors (Lipinski definition) is 3. The van der Waals surface area contributed by atoms with Gasteiger partial charge in [-0.2, -0.15) is 0 Å². The third kappa shape index (κ3) is 2.83. The zero-order valence-corrected chi connectivity index (χ0v) is 11.0. The van der Waals surface area contributed by atoms with Crippen LogP contribution in [0.3, 0.4) is 0 Å². The Kier molecular flexibility index (Phi) is 4.22. The first-order valence-electron chi connectivity index (χ1n) is 6.85. The summed E-state index contributed by atoms with van der Waals surface area (Å²) >= 11 is 0.